The smallest absolute Gasteiger partial charge is 0.333 e. The highest BCUT2D eigenvalue weighted by molar-refractivity contribution is 5.77. The van der Waals surface area contributed by atoms with Gasteiger partial charge in [0.25, 0.3) is 5.56 Å². The lowest BCUT2D eigenvalue weighted by atomic mass is 9.97. The molecule has 9 nitrogen and oxygen atoms in total. The van der Waals surface area contributed by atoms with E-state index < -0.39 is 11.2 Å². The van der Waals surface area contributed by atoms with E-state index in [4.69, 9.17) is 4.74 Å². The number of hydrogen-bond acceptors (Lipinski definition) is 5. The highest BCUT2D eigenvalue weighted by atomic mass is 16.5. The molecule has 0 bridgehead atoms. The first kappa shape index (κ1) is 24.9. The molecule has 2 atom stereocenters. The molecule has 1 fully saturated rings. The van der Waals surface area contributed by atoms with Gasteiger partial charge >= 0.3 is 5.69 Å². The third-order valence-corrected chi connectivity index (χ3v) is 6.94. The summed E-state index contributed by atoms with van der Waals surface area (Å²) in [7, 11) is 1.59. The van der Waals surface area contributed by atoms with Crippen LogP contribution in [0.15, 0.2) is 46.2 Å². The Hall–Kier alpha value is -3.20. The highest BCUT2D eigenvalue weighted by Crippen LogP contribution is 2.29. The largest absolute Gasteiger partial charge is 0.383 e. The molecule has 2 unspecified atom stereocenters. The van der Waals surface area contributed by atoms with Gasteiger partial charge in [-0.2, -0.15) is 0 Å². The number of aromatic nitrogens is 4. The Morgan fingerprint density at radius 2 is 1.97 bits per heavy atom. The second kappa shape index (κ2) is 11.5. The highest BCUT2D eigenvalue weighted by Gasteiger charge is 2.28. The standard InChI is InChI=1S/C26H35N5O4/c1-3-4-11-20-12-8-13-21(20)28-22(32)17-31-25(33)23-24(27-18-29(23)14-15-35-2)30(26(31)34)16-19-9-6-5-7-10-19/h5-7,9-10,18,20-21H,3-4,8,11-17H2,1-2H3,(H,28,32). The van der Waals surface area contributed by atoms with Crippen LogP contribution in [0.4, 0.5) is 0 Å². The molecule has 2 heterocycles. The second-order valence-corrected chi connectivity index (χ2v) is 9.36. The number of fused-ring (bicyclic) bond motifs is 1. The summed E-state index contributed by atoms with van der Waals surface area (Å²) in [6.07, 6.45) is 8.06. The Balaban J connectivity index is 1.67. The van der Waals surface area contributed by atoms with Crippen LogP contribution in [0.2, 0.25) is 0 Å². The van der Waals surface area contributed by atoms with Crippen LogP contribution in [0.25, 0.3) is 11.2 Å². The number of methoxy groups -OCH3 is 1. The second-order valence-electron chi connectivity index (χ2n) is 9.36. The first-order valence-corrected chi connectivity index (χ1v) is 12.5. The fourth-order valence-electron chi connectivity index (χ4n) is 5.08. The van der Waals surface area contributed by atoms with Crippen LogP contribution in [0, 0.1) is 5.92 Å². The van der Waals surface area contributed by atoms with Crippen molar-refractivity contribution >= 4 is 17.1 Å². The monoisotopic (exact) mass is 481 g/mol. The molecule has 2 aromatic heterocycles. The van der Waals surface area contributed by atoms with Crippen molar-refractivity contribution in [2.75, 3.05) is 13.7 Å². The van der Waals surface area contributed by atoms with E-state index in [0.29, 0.717) is 30.2 Å². The summed E-state index contributed by atoms with van der Waals surface area (Å²) in [4.78, 5) is 44.3. The number of carbonyl (C=O) groups is 1. The molecule has 188 valence electrons. The summed E-state index contributed by atoms with van der Waals surface area (Å²) in [6, 6.07) is 9.64. The zero-order chi connectivity index (χ0) is 24.8. The normalized spacial score (nSPS) is 17.8. The molecule has 9 heteroatoms. The van der Waals surface area contributed by atoms with Crippen molar-refractivity contribution in [2.45, 2.75) is 71.1 Å². The van der Waals surface area contributed by atoms with Gasteiger partial charge in [0.2, 0.25) is 5.91 Å². The molecule has 1 aliphatic rings. The van der Waals surface area contributed by atoms with Gasteiger partial charge in [-0.05, 0) is 30.7 Å². The van der Waals surface area contributed by atoms with E-state index in [1.807, 2.05) is 30.3 Å². The lowest BCUT2D eigenvalue weighted by Gasteiger charge is -2.21. The minimum absolute atomic E-state index is 0.104. The summed E-state index contributed by atoms with van der Waals surface area (Å²) in [6.45, 7) is 2.92. The van der Waals surface area contributed by atoms with E-state index in [9.17, 15) is 14.4 Å². The van der Waals surface area contributed by atoms with Gasteiger partial charge in [-0.1, -0.05) is 56.5 Å². The molecule has 0 spiro atoms. The van der Waals surface area contributed by atoms with Crippen molar-refractivity contribution in [2.24, 2.45) is 5.92 Å². The molecule has 1 aliphatic carbocycles. The molecule has 1 saturated carbocycles. The topological polar surface area (TPSA) is 100 Å². The maximum atomic E-state index is 13.5. The van der Waals surface area contributed by atoms with Crippen molar-refractivity contribution in [3.8, 4) is 0 Å². The van der Waals surface area contributed by atoms with E-state index in [2.05, 4.69) is 17.2 Å². The minimum Gasteiger partial charge on any atom is -0.383 e. The van der Waals surface area contributed by atoms with Crippen molar-refractivity contribution in [1.82, 2.24) is 24.0 Å². The number of unbranched alkanes of at least 4 members (excludes halogenated alkanes) is 1. The number of benzene rings is 1. The fourth-order valence-corrected chi connectivity index (χ4v) is 5.08. The Labute approximate surface area is 204 Å². The molecule has 3 aromatic rings. The molecular formula is C26H35N5O4. The molecule has 0 radical (unpaired) electrons. The fraction of sp³-hybridized carbons (Fsp3) is 0.538. The molecular weight excluding hydrogens is 446 g/mol. The Bertz CT molecular complexity index is 1260. The van der Waals surface area contributed by atoms with Gasteiger partial charge in [-0.25, -0.2) is 14.3 Å². The summed E-state index contributed by atoms with van der Waals surface area (Å²) < 4.78 is 9.38. The molecule has 1 aromatic carbocycles. The molecule has 0 saturated heterocycles. The van der Waals surface area contributed by atoms with Crippen molar-refractivity contribution in [3.63, 3.8) is 0 Å². The third kappa shape index (κ3) is 5.56. The maximum Gasteiger partial charge on any atom is 0.333 e. The van der Waals surface area contributed by atoms with Crippen molar-refractivity contribution < 1.29 is 9.53 Å². The van der Waals surface area contributed by atoms with Crippen LogP contribution >= 0.6 is 0 Å². The zero-order valence-corrected chi connectivity index (χ0v) is 20.6. The summed E-state index contributed by atoms with van der Waals surface area (Å²) >= 11 is 0. The van der Waals surface area contributed by atoms with E-state index in [-0.39, 0.29) is 25.0 Å². The Morgan fingerprint density at radius 3 is 2.71 bits per heavy atom. The van der Waals surface area contributed by atoms with Gasteiger partial charge in [0.05, 0.1) is 19.5 Å². The van der Waals surface area contributed by atoms with Crippen LogP contribution in [-0.2, 0) is 29.2 Å². The molecule has 4 rings (SSSR count). The van der Waals surface area contributed by atoms with Crippen LogP contribution in [0.1, 0.15) is 51.0 Å². The third-order valence-electron chi connectivity index (χ3n) is 6.94. The van der Waals surface area contributed by atoms with Gasteiger partial charge in [0.15, 0.2) is 11.2 Å². The van der Waals surface area contributed by atoms with Gasteiger partial charge in [0.1, 0.15) is 6.54 Å². The number of nitrogens with zero attached hydrogens (tertiary/aromatic N) is 4. The van der Waals surface area contributed by atoms with Gasteiger partial charge in [-0.3, -0.25) is 14.2 Å². The number of nitrogens with one attached hydrogen (secondary N) is 1. The SMILES string of the molecule is CCCCC1CCCC1NC(=O)Cn1c(=O)c2c(ncn2CCOC)n(Cc2ccccc2)c1=O. The average Bonchev–Trinajstić information content (AvgIpc) is 3.49. The van der Waals surface area contributed by atoms with E-state index in [1.165, 1.54) is 4.57 Å². The van der Waals surface area contributed by atoms with E-state index in [0.717, 1.165) is 48.7 Å². The van der Waals surface area contributed by atoms with Gasteiger partial charge in [-0.15, -0.1) is 0 Å². The molecule has 1 amide bonds. The van der Waals surface area contributed by atoms with E-state index >= 15 is 0 Å². The molecule has 1 N–H and O–H groups in total. The van der Waals surface area contributed by atoms with Crippen molar-refractivity contribution in [1.29, 1.82) is 0 Å². The summed E-state index contributed by atoms with van der Waals surface area (Å²) in [5.74, 6) is 0.162. The van der Waals surface area contributed by atoms with Crippen molar-refractivity contribution in [3.05, 3.63) is 63.1 Å². The summed E-state index contributed by atoms with van der Waals surface area (Å²) in [5, 5.41) is 3.11. The average molecular weight is 482 g/mol. The zero-order valence-electron chi connectivity index (χ0n) is 20.6. The lowest BCUT2D eigenvalue weighted by molar-refractivity contribution is -0.122. The summed E-state index contributed by atoms with van der Waals surface area (Å²) in [5.41, 5.74) is 0.472. The molecule has 0 aliphatic heterocycles. The number of hydrogen-bond donors (Lipinski definition) is 1. The number of amides is 1. The van der Waals surface area contributed by atoms with E-state index in [1.54, 1.807) is 18.0 Å². The Kier molecular flexibility index (Phi) is 8.17. The quantitative estimate of drug-likeness (QED) is 0.454. The molecule has 35 heavy (non-hydrogen) atoms. The first-order valence-electron chi connectivity index (χ1n) is 12.5. The minimum atomic E-state index is -0.535. The maximum absolute atomic E-state index is 13.5. The number of rotatable bonds is 11. The lowest BCUT2D eigenvalue weighted by Crippen LogP contribution is -2.46. The van der Waals surface area contributed by atoms with Gasteiger partial charge in [0, 0.05) is 19.7 Å². The predicted octanol–water partition coefficient (Wildman–Crippen LogP) is 2.53. The number of imidazole rings is 1. The van der Waals surface area contributed by atoms with Crippen LogP contribution < -0.4 is 16.6 Å². The number of ether oxygens (including phenoxy) is 1. The van der Waals surface area contributed by atoms with Crippen LogP contribution in [0.3, 0.4) is 0 Å². The van der Waals surface area contributed by atoms with Crippen LogP contribution in [0.5, 0.6) is 0 Å². The first-order chi connectivity index (χ1) is 17.0. The number of carbonyl (C=O) groups excluding carboxylic acids is 1. The van der Waals surface area contributed by atoms with Gasteiger partial charge < -0.3 is 14.6 Å². The Morgan fingerprint density at radius 1 is 1.17 bits per heavy atom. The van der Waals surface area contributed by atoms with Crippen LogP contribution in [-0.4, -0.2) is 44.4 Å². The predicted molar refractivity (Wildman–Crippen MR) is 134 cm³/mol.